The highest BCUT2D eigenvalue weighted by molar-refractivity contribution is 7.14. The van der Waals surface area contributed by atoms with Crippen LogP contribution in [0.5, 0.6) is 0 Å². The van der Waals surface area contributed by atoms with Crippen LogP contribution in [0, 0.1) is 0 Å². The summed E-state index contributed by atoms with van der Waals surface area (Å²) < 4.78 is 8.66. The van der Waals surface area contributed by atoms with Crippen molar-refractivity contribution in [3.63, 3.8) is 0 Å². The number of amides is 4. The first-order valence-electron chi connectivity index (χ1n) is 25.4. The molecule has 2 aliphatic heterocycles. The van der Waals surface area contributed by atoms with Crippen LogP contribution in [0.4, 0.5) is 10.3 Å². The average Bonchev–Trinajstić information content (AvgIpc) is 4.37. The van der Waals surface area contributed by atoms with Crippen molar-refractivity contribution in [3.05, 3.63) is 165 Å². The zero-order chi connectivity index (χ0) is 54.2. The lowest BCUT2D eigenvalue weighted by molar-refractivity contribution is -0.136. The van der Waals surface area contributed by atoms with Gasteiger partial charge in [-0.1, -0.05) is 104 Å². The smallest absolute Gasteiger partial charge is 0.303 e. The first-order valence-corrected chi connectivity index (χ1v) is 27.1. The number of carbonyl (C=O) groups is 4. The van der Waals surface area contributed by atoms with E-state index < -0.39 is 11.5 Å². The third kappa shape index (κ3) is 12.2. The number of likely N-dealkylation sites (tertiary alicyclic amines) is 1. The highest BCUT2D eigenvalue weighted by Crippen LogP contribution is 2.32. The Bertz CT molecular complexity index is 3560. The lowest BCUT2D eigenvalue weighted by Gasteiger charge is -2.38. The van der Waals surface area contributed by atoms with Crippen LogP contribution in [0.25, 0.3) is 33.5 Å². The number of carbonyl (C=O) groups excluding carboxylic acids is 4. The second-order valence-corrected chi connectivity index (χ2v) is 20.7. The van der Waals surface area contributed by atoms with Gasteiger partial charge in [-0.3, -0.25) is 38.6 Å². The number of aromatic nitrogens is 6. The Balaban J connectivity index is 0.642. The van der Waals surface area contributed by atoms with E-state index in [0.29, 0.717) is 77.3 Å². The van der Waals surface area contributed by atoms with Gasteiger partial charge >= 0.3 is 5.91 Å². The number of fused-ring (bicyclic) bond motifs is 1. The minimum Gasteiger partial charge on any atom is -0.388 e. The number of anilines is 2. The molecule has 4 N–H and O–H groups in total. The van der Waals surface area contributed by atoms with Crippen LogP contribution >= 0.6 is 22.7 Å². The quantitative estimate of drug-likeness (QED) is 0.0466. The van der Waals surface area contributed by atoms with Crippen LogP contribution in [0.15, 0.2) is 147 Å². The predicted octanol–water partition coefficient (Wildman–Crippen LogP) is 6.60. The average molecular weight is 1090 g/mol. The molecule has 0 bridgehead atoms. The van der Waals surface area contributed by atoms with Gasteiger partial charge in [0, 0.05) is 85.3 Å². The van der Waals surface area contributed by atoms with Crippen LogP contribution in [-0.2, 0) is 39.3 Å². The second-order valence-electron chi connectivity index (χ2n) is 19.0. The minimum absolute atomic E-state index is 0.0382. The Hall–Kier alpha value is -8.57. The number of ether oxygens (including phenoxy) is 1. The molecule has 398 valence electrons. The van der Waals surface area contributed by atoms with E-state index in [0.717, 1.165) is 27.8 Å². The number of nitrogens with zero attached hydrogens (tertiary/aromatic N) is 10. The number of benzene rings is 4. The van der Waals surface area contributed by atoms with Crippen molar-refractivity contribution < 1.29 is 29.0 Å². The molecule has 10 rings (SSSR count). The molecule has 20 nitrogen and oxygen atoms in total. The van der Waals surface area contributed by atoms with Gasteiger partial charge in [0.15, 0.2) is 11.2 Å². The van der Waals surface area contributed by atoms with Crippen LogP contribution in [0.2, 0.25) is 0 Å². The van der Waals surface area contributed by atoms with Crippen LogP contribution in [0.1, 0.15) is 65.6 Å². The summed E-state index contributed by atoms with van der Waals surface area (Å²) in [7, 11) is 1.75. The number of aryl methyl sites for hydroxylation is 1. The van der Waals surface area contributed by atoms with Crippen molar-refractivity contribution in [3.8, 4) is 22.5 Å². The van der Waals surface area contributed by atoms with E-state index in [2.05, 4.69) is 41.3 Å². The normalized spacial score (nSPS) is 15.1. The van der Waals surface area contributed by atoms with Gasteiger partial charge in [0.2, 0.25) is 22.1 Å². The van der Waals surface area contributed by atoms with Gasteiger partial charge in [-0.25, -0.2) is 15.0 Å². The molecule has 0 spiro atoms. The third-order valence-corrected chi connectivity index (χ3v) is 15.1. The maximum atomic E-state index is 13.7. The van der Waals surface area contributed by atoms with E-state index in [1.807, 2.05) is 97.2 Å². The zero-order valence-corrected chi connectivity index (χ0v) is 44.4. The van der Waals surface area contributed by atoms with Crippen molar-refractivity contribution in [1.29, 1.82) is 0 Å². The van der Waals surface area contributed by atoms with E-state index in [1.165, 1.54) is 38.6 Å². The molecule has 1 atom stereocenters. The van der Waals surface area contributed by atoms with Gasteiger partial charge < -0.3 is 25.4 Å². The summed E-state index contributed by atoms with van der Waals surface area (Å²) in [4.78, 5) is 81.4. The maximum Gasteiger partial charge on any atom is 0.303 e. The number of thiazole rings is 2. The molecule has 6 heterocycles. The number of hydrogen-bond donors (Lipinski definition) is 4. The minimum atomic E-state index is -1.18. The first-order chi connectivity index (χ1) is 37.9. The molecule has 2 aliphatic rings. The molecule has 1 saturated heterocycles. The number of piperidine rings is 1. The lowest BCUT2D eigenvalue weighted by Crippen LogP contribution is -2.49. The lowest BCUT2D eigenvalue weighted by atomic mass is 9.90. The van der Waals surface area contributed by atoms with Crippen molar-refractivity contribution in [2.24, 2.45) is 17.3 Å². The Labute approximate surface area is 456 Å². The molecular weight excluding hydrogens is 1030 g/mol. The standard InChI is InChI=1S/C56H55N13O7S2/c1-36(38-9-5-3-6-10-38)31-45(71)67-26-22-56(75,23-27-67)34-68-35-60-47-49(52(68)73)64-66(2)50(47)41-15-13-37(14-16-41)32-59-44(70)21-28-76-29-24-57-51(72)42-19-17-39(18-20-42)43-33-78-55(61-43)69-53(74)48(62-63-54-58-25-30-77-54)46(65-69)40-11-7-4-8-12-40/h3-20,25,30,33,35-36,75H,21-24,26-29,31-32,34H2,1-2H3,(H,57,72)(H,58,63)(H,59,70)/b62-48+/t36-/m1/s1. The largest absolute Gasteiger partial charge is 0.388 e. The Morgan fingerprint density at radius 2 is 1.58 bits per heavy atom. The molecule has 78 heavy (non-hydrogen) atoms. The van der Waals surface area contributed by atoms with Crippen molar-refractivity contribution in [1.82, 2.24) is 44.8 Å². The fourth-order valence-corrected chi connectivity index (χ4v) is 10.5. The van der Waals surface area contributed by atoms with E-state index in [-0.39, 0.29) is 73.2 Å². The van der Waals surface area contributed by atoms with Gasteiger partial charge in [0.05, 0.1) is 43.1 Å². The summed E-state index contributed by atoms with van der Waals surface area (Å²) >= 11 is 2.61. The summed E-state index contributed by atoms with van der Waals surface area (Å²) in [5.41, 5.74) is 8.41. The molecule has 0 unspecified atom stereocenters. The SMILES string of the molecule is C[C@H](CC(=O)N1CCC(O)(Cn2cnc3c(-c4ccc(CNC(=O)CCOCCNC(=O)c5ccc(-c6csc(N7N=C(c8ccccc8)/C(=N\Nc8nccs8)C7=O)n6)cc5)cc4)n(C)nc3c2=O)CC1)c1ccccc1. The Kier molecular flexibility index (Phi) is 16.1. The van der Waals surface area contributed by atoms with E-state index >= 15 is 0 Å². The highest BCUT2D eigenvalue weighted by Gasteiger charge is 2.37. The molecule has 4 aromatic heterocycles. The molecule has 8 aromatic rings. The monoisotopic (exact) mass is 1090 g/mol. The predicted molar refractivity (Wildman–Crippen MR) is 299 cm³/mol. The molecule has 1 fully saturated rings. The summed E-state index contributed by atoms with van der Waals surface area (Å²) in [6.07, 6.45) is 4.29. The zero-order valence-electron chi connectivity index (χ0n) is 42.7. The summed E-state index contributed by atoms with van der Waals surface area (Å²) in [6.45, 7) is 3.79. The number of hydrogen-bond acceptors (Lipinski definition) is 16. The second kappa shape index (κ2) is 23.8. The molecule has 0 saturated carbocycles. The number of aliphatic hydroxyl groups is 1. The van der Waals surface area contributed by atoms with Crippen LogP contribution in [0.3, 0.4) is 0 Å². The summed E-state index contributed by atoms with van der Waals surface area (Å²) in [5, 5.41) is 36.5. The van der Waals surface area contributed by atoms with Gasteiger partial charge in [0.1, 0.15) is 11.2 Å². The van der Waals surface area contributed by atoms with E-state index in [1.54, 1.807) is 52.5 Å². The van der Waals surface area contributed by atoms with E-state index in [4.69, 9.17) is 9.72 Å². The maximum absolute atomic E-state index is 13.7. The first kappa shape index (κ1) is 52.9. The van der Waals surface area contributed by atoms with Crippen LogP contribution in [-0.4, -0.2) is 113 Å². The van der Waals surface area contributed by atoms with E-state index in [9.17, 15) is 29.1 Å². The van der Waals surface area contributed by atoms with Gasteiger partial charge in [-0.2, -0.15) is 20.3 Å². The van der Waals surface area contributed by atoms with Gasteiger partial charge in [-0.15, -0.1) is 22.7 Å². The van der Waals surface area contributed by atoms with Gasteiger partial charge in [-0.05, 0) is 42.0 Å². The number of rotatable bonds is 20. The number of nitrogens with one attached hydrogen (secondary N) is 3. The topological polar surface area (TPSA) is 244 Å². The molecule has 4 aromatic carbocycles. The Morgan fingerprint density at radius 3 is 2.31 bits per heavy atom. The van der Waals surface area contributed by atoms with Crippen molar-refractivity contribution in [2.45, 2.75) is 57.2 Å². The van der Waals surface area contributed by atoms with Crippen molar-refractivity contribution >= 4 is 79.0 Å². The molecule has 4 amide bonds. The third-order valence-electron chi connectivity index (χ3n) is 13.6. The van der Waals surface area contributed by atoms with Crippen LogP contribution < -0.4 is 26.6 Å². The summed E-state index contributed by atoms with van der Waals surface area (Å²) in [5.74, 6) is -0.780. The molecule has 0 radical (unpaired) electrons. The van der Waals surface area contributed by atoms with Gasteiger partial charge in [0.25, 0.3) is 11.5 Å². The molecular formula is C56H55N13O7S2. The Morgan fingerprint density at radius 1 is 0.846 bits per heavy atom. The van der Waals surface area contributed by atoms with Crippen molar-refractivity contribution in [2.75, 3.05) is 43.3 Å². The molecule has 22 heteroatoms. The fraction of sp³-hybridized carbons (Fsp3) is 0.268. The molecule has 0 aliphatic carbocycles. The fourth-order valence-electron chi connectivity index (χ4n) is 9.23. The number of hydrazone groups is 2. The highest BCUT2D eigenvalue weighted by atomic mass is 32.1. The summed E-state index contributed by atoms with van der Waals surface area (Å²) in [6, 6.07) is 33.8.